The molecule has 0 atom stereocenters. The summed E-state index contributed by atoms with van der Waals surface area (Å²) < 4.78 is 45.8. The highest BCUT2D eigenvalue weighted by Gasteiger charge is 2.31. The Kier molecular flexibility index (Phi) is 6.80. The summed E-state index contributed by atoms with van der Waals surface area (Å²) >= 11 is 0. The monoisotopic (exact) mass is 305 g/mol. The molecule has 0 saturated heterocycles. The zero-order chi connectivity index (χ0) is 15.7. The number of methoxy groups -OCH3 is 1. The van der Waals surface area contributed by atoms with Crippen LogP contribution in [0.4, 0.5) is 13.2 Å². The summed E-state index contributed by atoms with van der Waals surface area (Å²) in [5.41, 5.74) is 0.379. The van der Waals surface area contributed by atoms with Gasteiger partial charge in [0.05, 0.1) is 6.61 Å². The lowest BCUT2D eigenvalue weighted by Crippen LogP contribution is -2.38. The fourth-order valence-electron chi connectivity index (χ4n) is 1.55. The third kappa shape index (κ3) is 6.84. The number of hydrogen-bond donors (Lipinski definition) is 2. The number of rotatable bonds is 6. The lowest BCUT2D eigenvalue weighted by atomic mass is 10.2. The van der Waals surface area contributed by atoms with E-state index in [4.69, 9.17) is 4.74 Å². The van der Waals surface area contributed by atoms with Gasteiger partial charge < -0.3 is 20.1 Å². The second-order valence-corrected chi connectivity index (χ2v) is 4.00. The largest absolute Gasteiger partial charge is 0.573 e. The van der Waals surface area contributed by atoms with E-state index in [0.29, 0.717) is 24.7 Å². The SMILES string of the molecule is CN=C(NCCOC)NCc1ccccc1OC(F)(F)F. The summed E-state index contributed by atoms with van der Waals surface area (Å²) in [5.74, 6) is 0.235. The van der Waals surface area contributed by atoms with Gasteiger partial charge in [0.15, 0.2) is 5.96 Å². The lowest BCUT2D eigenvalue weighted by molar-refractivity contribution is -0.274. The molecule has 21 heavy (non-hydrogen) atoms. The summed E-state index contributed by atoms with van der Waals surface area (Å²) in [6, 6.07) is 5.94. The van der Waals surface area contributed by atoms with Crippen molar-refractivity contribution < 1.29 is 22.6 Å². The van der Waals surface area contributed by atoms with Gasteiger partial charge in [0.1, 0.15) is 5.75 Å². The first-order chi connectivity index (χ1) is 9.96. The summed E-state index contributed by atoms with van der Waals surface area (Å²) in [5, 5.41) is 5.87. The molecule has 0 amide bonds. The van der Waals surface area contributed by atoms with Crippen LogP contribution in [0.3, 0.4) is 0 Å². The van der Waals surface area contributed by atoms with Crippen molar-refractivity contribution in [2.24, 2.45) is 4.99 Å². The van der Waals surface area contributed by atoms with Gasteiger partial charge >= 0.3 is 6.36 Å². The number of halogens is 3. The van der Waals surface area contributed by atoms with Crippen LogP contribution in [-0.4, -0.2) is 39.6 Å². The molecule has 0 radical (unpaired) electrons. The zero-order valence-electron chi connectivity index (χ0n) is 11.8. The number of nitrogens with zero attached hydrogens (tertiary/aromatic N) is 1. The Hall–Kier alpha value is -1.96. The maximum atomic E-state index is 12.3. The van der Waals surface area contributed by atoms with Crippen LogP contribution in [0.2, 0.25) is 0 Å². The van der Waals surface area contributed by atoms with E-state index in [1.54, 1.807) is 26.3 Å². The lowest BCUT2D eigenvalue weighted by Gasteiger charge is -2.15. The third-order valence-electron chi connectivity index (χ3n) is 2.47. The minimum absolute atomic E-state index is 0.152. The van der Waals surface area contributed by atoms with Crippen LogP contribution in [0.5, 0.6) is 5.75 Å². The van der Waals surface area contributed by atoms with E-state index in [2.05, 4.69) is 20.4 Å². The van der Waals surface area contributed by atoms with E-state index in [9.17, 15) is 13.2 Å². The van der Waals surface area contributed by atoms with Crippen molar-refractivity contribution in [3.8, 4) is 5.75 Å². The Balaban J connectivity index is 2.62. The molecule has 1 aromatic carbocycles. The number of para-hydroxylation sites is 1. The molecule has 5 nitrogen and oxygen atoms in total. The van der Waals surface area contributed by atoms with E-state index in [1.165, 1.54) is 12.1 Å². The Morgan fingerprint density at radius 3 is 2.57 bits per heavy atom. The van der Waals surface area contributed by atoms with E-state index < -0.39 is 6.36 Å². The second-order valence-electron chi connectivity index (χ2n) is 4.00. The van der Waals surface area contributed by atoms with Gasteiger partial charge in [-0.25, -0.2) is 0 Å². The van der Waals surface area contributed by atoms with Gasteiger partial charge in [-0.3, -0.25) is 4.99 Å². The molecule has 0 aliphatic heterocycles. The van der Waals surface area contributed by atoms with Crippen molar-refractivity contribution in [3.05, 3.63) is 29.8 Å². The van der Waals surface area contributed by atoms with Gasteiger partial charge in [-0.05, 0) is 6.07 Å². The summed E-state index contributed by atoms with van der Waals surface area (Å²) in [6.07, 6.45) is -4.71. The molecule has 118 valence electrons. The standard InChI is InChI=1S/C13H18F3N3O2/c1-17-12(18-7-8-20-2)19-9-10-5-3-4-6-11(10)21-13(14,15)16/h3-6H,7-9H2,1-2H3,(H2,17,18,19). The molecule has 0 aliphatic rings. The van der Waals surface area contributed by atoms with Gasteiger partial charge in [0.2, 0.25) is 0 Å². The molecule has 0 heterocycles. The van der Waals surface area contributed by atoms with Crippen LogP contribution < -0.4 is 15.4 Å². The Bertz CT molecular complexity index is 464. The zero-order valence-corrected chi connectivity index (χ0v) is 11.8. The number of alkyl halides is 3. The van der Waals surface area contributed by atoms with Gasteiger partial charge in [-0.15, -0.1) is 13.2 Å². The van der Waals surface area contributed by atoms with Crippen molar-refractivity contribution >= 4 is 5.96 Å². The minimum atomic E-state index is -4.71. The molecule has 1 rings (SSSR count). The maximum absolute atomic E-state index is 12.3. The van der Waals surface area contributed by atoms with Crippen molar-refractivity contribution in [1.82, 2.24) is 10.6 Å². The van der Waals surface area contributed by atoms with Gasteiger partial charge in [-0.1, -0.05) is 18.2 Å². The van der Waals surface area contributed by atoms with Crippen LogP contribution in [0.1, 0.15) is 5.56 Å². The van der Waals surface area contributed by atoms with E-state index in [-0.39, 0.29) is 12.3 Å². The van der Waals surface area contributed by atoms with Gasteiger partial charge in [0, 0.05) is 32.8 Å². The molecule has 0 spiro atoms. The molecule has 1 aromatic rings. The molecule has 2 N–H and O–H groups in total. The minimum Gasteiger partial charge on any atom is -0.405 e. The highest BCUT2D eigenvalue weighted by molar-refractivity contribution is 5.79. The molecular weight excluding hydrogens is 287 g/mol. The van der Waals surface area contributed by atoms with E-state index in [1.807, 2.05) is 0 Å². The predicted octanol–water partition coefficient (Wildman–Crippen LogP) is 1.90. The van der Waals surface area contributed by atoms with Crippen LogP contribution in [0.15, 0.2) is 29.3 Å². The average molecular weight is 305 g/mol. The maximum Gasteiger partial charge on any atom is 0.573 e. The Morgan fingerprint density at radius 1 is 1.24 bits per heavy atom. The van der Waals surface area contributed by atoms with Crippen LogP contribution >= 0.6 is 0 Å². The molecule has 0 bridgehead atoms. The third-order valence-corrected chi connectivity index (χ3v) is 2.47. The van der Waals surface area contributed by atoms with Gasteiger partial charge in [-0.2, -0.15) is 0 Å². The first kappa shape index (κ1) is 17.1. The molecule has 0 aliphatic carbocycles. The molecule has 0 unspecified atom stereocenters. The first-order valence-corrected chi connectivity index (χ1v) is 6.23. The van der Waals surface area contributed by atoms with Crippen molar-refractivity contribution in [2.45, 2.75) is 12.9 Å². The summed E-state index contributed by atoms with van der Waals surface area (Å²) in [7, 11) is 3.14. The number of hydrogen-bond acceptors (Lipinski definition) is 3. The fraction of sp³-hybridized carbons (Fsp3) is 0.462. The quantitative estimate of drug-likeness (QED) is 0.479. The molecule has 0 fully saturated rings. The highest BCUT2D eigenvalue weighted by Crippen LogP contribution is 2.25. The summed E-state index contributed by atoms with van der Waals surface area (Å²) in [4.78, 5) is 3.96. The predicted molar refractivity (Wildman–Crippen MR) is 73.2 cm³/mol. The van der Waals surface area contributed by atoms with Crippen LogP contribution in [0.25, 0.3) is 0 Å². The molecule has 0 saturated carbocycles. The number of guanidine groups is 1. The van der Waals surface area contributed by atoms with Crippen molar-refractivity contribution in [1.29, 1.82) is 0 Å². The number of benzene rings is 1. The number of aliphatic imine (C=N–C) groups is 1. The normalized spacial score (nSPS) is 12.1. The fourth-order valence-corrected chi connectivity index (χ4v) is 1.55. The van der Waals surface area contributed by atoms with Crippen molar-refractivity contribution in [2.75, 3.05) is 27.3 Å². The molecule has 0 aromatic heterocycles. The molecular formula is C13H18F3N3O2. The topological polar surface area (TPSA) is 54.9 Å². The van der Waals surface area contributed by atoms with Crippen LogP contribution in [-0.2, 0) is 11.3 Å². The number of nitrogens with one attached hydrogen (secondary N) is 2. The smallest absolute Gasteiger partial charge is 0.405 e. The second kappa shape index (κ2) is 8.35. The first-order valence-electron chi connectivity index (χ1n) is 6.23. The summed E-state index contributed by atoms with van der Waals surface area (Å²) in [6.45, 7) is 1.18. The Labute approximate surface area is 121 Å². The highest BCUT2D eigenvalue weighted by atomic mass is 19.4. The van der Waals surface area contributed by atoms with E-state index in [0.717, 1.165) is 0 Å². The van der Waals surface area contributed by atoms with Crippen LogP contribution in [0, 0.1) is 0 Å². The van der Waals surface area contributed by atoms with Crippen molar-refractivity contribution in [3.63, 3.8) is 0 Å². The molecule has 8 heteroatoms. The number of ether oxygens (including phenoxy) is 2. The Morgan fingerprint density at radius 2 is 1.95 bits per heavy atom. The average Bonchev–Trinajstić information content (AvgIpc) is 2.42. The van der Waals surface area contributed by atoms with E-state index >= 15 is 0 Å². The van der Waals surface area contributed by atoms with Gasteiger partial charge in [0.25, 0.3) is 0 Å².